The molecule has 1 aliphatic rings. The molecule has 0 aromatic heterocycles. The van der Waals surface area contributed by atoms with E-state index in [0.29, 0.717) is 12.0 Å². The third-order valence-corrected chi connectivity index (χ3v) is 3.80. The number of hydrogen-bond donors (Lipinski definition) is 1. The Labute approximate surface area is 122 Å². The Kier molecular flexibility index (Phi) is 3.88. The molecular weight excluding hydrogens is 272 g/mol. The van der Waals surface area contributed by atoms with Crippen LogP contribution in [0.1, 0.15) is 29.2 Å². The molecule has 1 unspecified atom stereocenters. The maximum atomic E-state index is 13.2. The minimum atomic E-state index is -0.835. The van der Waals surface area contributed by atoms with Gasteiger partial charge in [0.05, 0.1) is 6.61 Å². The van der Waals surface area contributed by atoms with Crippen LogP contribution >= 0.6 is 0 Å². The largest absolute Gasteiger partial charge is 0.493 e. The van der Waals surface area contributed by atoms with E-state index in [1.165, 1.54) is 11.6 Å². The number of ether oxygens (including phenoxy) is 1. The Bertz CT molecular complexity index is 657. The fourth-order valence-corrected chi connectivity index (χ4v) is 2.65. The molecule has 3 rings (SSSR count). The van der Waals surface area contributed by atoms with E-state index in [1.807, 2.05) is 12.1 Å². The summed E-state index contributed by atoms with van der Waals surface area (Å²) in [5, 5.41) is 0. The van der Waals surface area contributed by atoms with Crippen LogP contribution in [-0.4, -0.2) is 6.61 Å². The molecule has 2 aromatic carbocycles. The predicted octanol–water partition coefficient (Wildman–Crippen LogP) is 3.53. The van der Waals surface area contributed by atoms with Crippen LogP contribution < -0.4 is 10.5 Å². The molecule has 0 fully saturated rings. The molecule has 0 aliphatic carbocycles. The predicted molar refractivity (Wildman–Crippen MR) is 77.2 cm³/mol. The second-order valence-electron chi connectivity index (χ2n) is 5.38. The van der Waals surface area contributed by atoms with E-state index in [-0.39, 0.29) is 6.04 Å². The Hall–Kier alpha value is -1.94. The second-order valence-corrected chi connectivity index (χ2v) is 5.38. The van der Waals surface area contributed by atoms with Gasteiger partial charge in [0.2, 0.25) is 0 Å². The maximum absolute atomic E-state index is 13.2. The van der Waals surface area contributed by atoms with Crippen LogP contribution in [-0.2, 0) is 12.8 Å². The molecule has 1 aliphatic heterocycles. The van der Waals surface area contributed by atoms with Crippen molar-refractivity contribution >= 4 is 0 Å². The van der Waals surface area contributed by atoms with Crippen LogP contribution in [0.2, 0.25) is 0 Å². The van der Waals surface area contributed by atoms with Gasteiger partial charge in [-0.2, -0.15) is 0 Å². The molecule has 0 amide bonds. The number of rotatable bonds is 3. The molecule has 0 bridgehead atoms. The van der Waals surface area contributed by atoms with E-state index in [1.54, 1.807) is 6.07 Å². The van der Waals surface area contributed by atoms with Crippen molar-refractivity contribution < 1.29 is 13.5 Å². The van der Waals surface area contributed by atoms with Crippen molar-refractivity contribution in [3.8, 4) is 5.75 Å². The lowest BCUT2D eigenvalue weighted by molar-refractivity contribution is 0.288. The van der Waals surface area contributed by atoms with Gasteiger partial charge in [0.25, 0.3) is 0 Å². The van der Waals surface area contributed by atoms with E-state index in [2.05, 4.69) is 6.07 Å². The highest BCUT2D eigenvalue weighted by Crippen LogP contribution is 2.28. The average Bonchev–Trinajstić information content (AvgIpc) is 2.50. The van der Waals surface area contributed by atoms with Gasteiger partial charge in [-0.1, -0.05) is 18.2 Å². The van der Waals surface area contributed by atoms with Gasteiger partial charge in [0.1, 0.15) is 5.75 Å². The first kappa shape index (κ1) is 14.0. The number of aryl methyl sites for hydroxylation is 1. The van der Waals surface area contributed by atoms with Gasteiger partial charge in [-0.15, -0.1) is 0 Å². The van der Waals surface area contributed by atoms with E-state index in [4.69, 9.17) is 10.5 Å². The van der Waals surface area contributed by atoms with E-state index in [0.717, 1.165) is 36.8 Å². The van der Waals surface area contributed by atoms with Crippen molar-refractivity contribution in [1.82, 2.24) is 0 Å². The van der Waals surface area contributed by atoms with E-state index < -0.39 is 11.6 Å². The molecular formula is C17H17F2NO. The average molecular weight is 289 g/mol. The van der Waals surface area contributed by atoms with Crippen LogP contribution in [0.4, 0.5) is 8.78 Å². The van der Waals surface area contributed by atoms with Crippen molar-refractivity contribution in [3.05, 3.63) is 64.7 Å². The first-order valence-corrected chi connectivity index (χ1v) is 7.08. The van der Waals surface area contributed by atoms with Crippen molar-refractivity contribution in [1.29, 1.82) is 0 Å². The zero-order valence-corrected chi connectivity index (χ0v) is 11.6. The quantitative estimate of drug-likeness (QED) is 0.938. The van der Waals surface area contributed by atoms with Crippen molar-refractivity contribution in [2.24, 2.45) is 5.73 Å². The minimum absolute atomic E-state index is 0.248. The van der Waals surface area contributed by atoms with Gasteiger partial charge in [-0.05, 0) is 54.2 Å². The smallest absolute Gasteiger partial charge is 0.159 e. The highest BCUT2D eigenvalue weighted by Gasteiger charge is 2.14. The molecule has 0 saturated heterocycles. The molecule has 21 heavy (non-hydrogen) atoms. The van der Waals surface area contributed by atoms with Gasteiger partial charge >= 0.3 is 0 Å². The third-order valence-electron chi connectivity index (χ3n) is 3.80. The van der Waals surface area contributed by atoms with Crippen molar-refractivity contribution in [3.63, 3.8) is 0 Å². The van der Waals surface area contributed by atoms with Crippen LogP contribution in [0, 0.1) is 11.6 Å². The fraction of sp³-hybridized carbons (Fsp3) is 0.294. The van der Waals surface area contributed by atoms with Gasteiger partial charge in [-0.3, -0.25) is 0 Å². The van der Waals surface area contributed by atoms with Gasteiger partial charge in [0, 0.05) is 6.04 Å². The molecule has 2 nitrogen and oxygen atoms in total. The Morgan fingerprint density at radius 3 is 2.76 bits per heavy atom. The van der Waals surface area contributed by atoms with Crippen molar-refractivity contribution in [2.45, 2.75) is 25.3 Å². The van der Waals surface area contributed by atoms with Crippen LogP contribution in [0.15, 0.2) is 36.4 Å². The monoisotopic (exact) mass is 289 g/mol. The first-order valence-electron chi connectivity index (χ1n) is 7.08. The molecule has 1 atom stereocenters. The highest BCUT2D eigenvalue weighted by atomic mass is 19.2. The summed E-state index contributed by atoms with van der Waals surface area (Å²) in [5.41, 5.74) is 9.04. The fourth-order valence-electron chi connectivity index (χ4n) is 2.65. The molecule has 0 saturated carbocycles. The zero-order chi connectivity index (χ0) is 14.8. The topological polar surface area (TPSA) is 35.2 Å². The van der Waals surface area contributed by atoms with Gasteiger partial charge in [-0.25, -0.2) is 8.78 Å². The number of benzene rings is 2. The number of hydrogen-bond acceptors (Lipinski definition) is 2. The Morgan fingerprint density at radius 1 is 1.10 bits per heavy atom. The lowest BCUT2D eigenvalue weighted by Gasteiger charge is -2.20. The summed E-state index contributed by atoms with van der Waals surface area (Å²) < 4.78 is 31.7. The van der Waals surface area contributed by atoms with Crippen LogP contribution in [0.25, 0.3) is 0 Å². The lowest BCUT2D eigenvalue weighted by atomic mass is 9.96. The molecule has 110 valence electrons. The highest BCUT2D eigenvalue weighted by molar-refractivity contribution is 5.40. The summed E-state index contributed by atoms with van der Waals surface area (Å²) in [7, 11) is 0. The summed E-state index contributed by atoms with van der Waals surface area (Å²) in [6, 6.07) is 9.60. The summed E-state index contributed by atoms with van der Waals surface area (Å²) in [6.07, 6.45) is 2.47. The maximum Gasteiger partial charge on any atom is 0.159 e. The normalized spacial score (nSPS) is 15.2. The third kappa shape index (κ3) is 3.05. The Morgan fingerprint density at radius 2 is 1.95 bits per heavy atom. The summed E-state index contributed by atoms with van der Waals surface area (Å²) >= 11 is 0. The molecule has 4 heteroatoms. The summed E-state index contributed by atoms with van der Waals surface area (Å²) in [5.74, 6) is -0.748. The number of nitrogens with two attached hydrogens (primary N) is 1. The second kappa shape index (κ2) is 5.82. The molecule has 0 spiro atoms. The van der Waals surface area contributed by atoms with Gasteiger partial charge in [0.15, 0.2) is 11.6 Å². The zero-order valence-electron chi connectivity index (χ0n) is 11.6. The SMILES string of the molecule is NC(Cc1ccc(F)c(F)c1)c1ccc2c(c1)CCCO2. The molecule has 1 heterocycles. The van der Waals surface area contributed by atoms with Gasteiger partial charge < -0.3 is 10.5 Å². The molecule has 0 radical (unpaired) electrons. The van der Waals surface area contributed by atoms with Crippen molar-refractivity contribution in [2.75, 3.05) is 6.61 Å². The summed E-state index contributed by atoms with van der Waals surface area (Å²) in [6.45, 7) is 0.757. The van der Waals surface area contributed by atoms with Crippen LogP contribution in [0.5, 0.6) is 5.75 Å². The standard InChI is InChI=1S/C17H17F2NO/c18-14-5-3-11(8-15(14)19)9-16(20)12-4-6-17-13(10-12)2-1-7-21-17/h3-6,8,10,16H,1-2,7,9,20H2. The number of halogens is 2. The first-order chi connectivity index (χ1) is 10.1. The Balaban J connectivity index is 1.78. The van der Waals surface area contributed by atoms with E-state index in [9.17, 15) is 8.78 Å². The summed E-state index contributed by atoms with van der Waals surface area (Å²) in [4.78, 5) is 0. The number of fused-ring (bicyclic) bond motifs is 1. The van der Waals surface area contributed by atoms with E-state index >= 15 is 0 Å². The minimum Gasteiger partial charge on any atom is -0.493 e. The van der Waals surface area contributed by atoms with Crippen LogP contribution in [0.3, 0.4) is 0 Å². The lowest BCUT2D eigenvalue weighted by Crippen LogP contribution is -2.15. The molecule has 2 N–H and O–H groups in total. The molecule has 2 aromatic rings.